The molecule has 0 atom stereocenters. The molecular weight excluding hydrogens is 431 g/mol. The van der Waals surface area contributed by atoms with Gasteiger partial charge < -0.3 is 10.2 Å². The van der Waals surface area contributed by atoms with Crippen LogP contribution in [-0.2, 0) is 20.1 Å². The largest absolute Gasteiger partial charge is 0.330 e. The molecule has 0 bridgehead atoms. The summed E-state index contributed by atoms with van der Waals surface area (Å²) in [5.74, 6) is 0.651. The van der Waals surface area contributed by atoms with Crippen molar-refractivity contribution in [2.45, 2.75) is 13.1 Å². The first-order chi connectivity index (χ1) is 15.5. The Balaban J connectivity index is 1.37. The average Bonchev–Trinajstić information content (AvgIpc) is 3.33. The standard InChI is InChI=1S/C23H18ClFN6O/c1-30-21(7-9-27-30)29-23-26-8-6-20(28-23)15-3-4-16-13-31(22(32)17(16)11-15)12-14-2-5-19(25)18(24)10-14/h2-11H,12-13H2,1H3,(H,26,28,29). The number of hydrogen-bond acceptors (Lipinski definition) is 5. The van der Waals surface area contributed by atoms with Crippen LogP contribution in [0.2, 0.25) is 5.02 Å². The third-order valence-corrected chi connectivity index (χ3v) is 5.65. The highest BCUT2D eigenvalue weighted by Gasteiger charge is 2.28. The third kappa shape index (κ3) is 3.80. The Morgan fingerprint density at radius 2 is 2.00 bits per heavy atom. The predicted octanol–water partition coefficient (Wildman–Crippen LogP) is 4.57. The lowest BCUT2D eigenvalue weighted by atomic mass is 10.0. The van der Waals surface area contributed by atoms with Crippen LogP contribution in [0.25, 0.3) is 11.3 Å². The Hall–Kier alpha value is -3.78. The maximum atomic E-state index is 13.4. The van der Waals surface area contributed by atoms with E-state index in [0.717, 1.165) is 22.5 Å². The van der Waals surface area contributed by atoms with E-state index in [9.17, 15) is 9.18 Å². The molecule has 0 unspecified atom stereocenters. The second kappa shape index (κ2) is 8.05. The summed E-state index contributed by atoms with van der Waals surface area (Å²) < 4.78 is 15.1. The number of nitrogens with zero attached hydrogens (tertiary/aromatic N) is 5. The number of benzene rings is 2. The Morgan fingerprint density at radius 1 is 1.12 bits per heavy atom. The van der Waals surface area contributed by atoms with Gasteiger partial charge in [0.05, 0.1) is 16.9 Å². The summed E-state index contributed by atoms with van der Waals surface area (Å²) in [6.07, 6.45) is 3.35. The van der Waals surface area contributed by atoms with Crippen LogP contribution in [0.5, 0.6) is 0 Å². The summed E-state index contributed by atoms with van der Waals surface area (Å²) >= 11 is 5.88. The molecule has 2 aromatic carbocycles. The first-order valence-electron chi connectivity index (χ1n) is 9.92. The Morgan fingerprint density at radius 3 is 2.78 bits per heavy atom. The highest BCUT2D eigenvalue weighted by atomic mass is 35.5. The zero-order valence-electron chi connectivity index (χ0n) is 17.1. The second-order valence-corrected chi connectivity index (χ2v) is 7.92. The molecule has 0 fully saturated rings. The number of hydrogen-bond donors (Lipinski definition) is 1. The first kappa shape index (κ1) is 20.1. The van der Waals surface area contributed by atoms with Gasteiger partial charge >= 0.3 is 0 Å². The smallest absolute Gasteiger partial charge is 0.254 e. The maximum absolute atomic E-state index is 13.4. The minimum atomic E-state index is -0.474. The third-order valence-electron chi connectivity index (χ3n) is 5.36. The Bertz CT molecular complexity index is 1340. The fourth-order valence-electron chi connectivity index (χ4n) is 3.70. The number of carbonyl (C=O) groups excluding carboxylic acids is 1. The van der Waals surface area contributed by atoms with Crippen LogP contribution < -0.4 is 5.32 Å². The molecule has 2 aromatic heterocycles. The second-order valence-electron chi connectivity index (χ2n) is 7.51. The zero-order valence-corrected chi connectivity index (χ0v) is 17.8. The number of aryl methyl sites for hydroxylation is 1. The van der Waals surface area contributed by atoms with Crippen LogP contribution in [0.1, 0.15) is 21.5 Å². The van der Waals surface area contributed by atoms with E-state index in [0.29, 0.717) is 30.3 Å². The number of rotatable bonds is 5. The molecule has 7 nitrogen and oxygen atoms in total. The topological polar surface area (TPSA) is 75.9 Å². The van der Waals surface area contributed by atoms with Gasteiger partial charge in [-0.15, -0.1) is 0 Å². The lowest BCUT2D eigenvalue weighted by Crippen LogP contribution is -2.23. The fraction of sp³-hybridized carbons (Fsp3) is 0.130. The first-order valence-corrected chi connectivity index (χ1v) is 10.3. The van der Waals surface area contributed by atoms with Gasteiger partial charge in [0.25, 0.3) is 5.91 Å². The Labute approximate surface area is 188 Å². The lowest BCUT2D eigenvalue weighted by Gasteiger charge is -2.15. The van der Waals surface area contributed by atoms with E-state index in [4.69, 9.17) is 11.6 Å². The van der Waals surface area contributed by atoms with Crippen molar-refractivity contribution in [1.82, 2.24) is 24.6 Å². The van der Waals surface area contributed by atoms with Crippen LogP contribution in [0.3, 0.4) is 0 Å². The van der Waals surface area contributed by atoms with Crippen LogP contribution in [0, 0.1) is 5.82 Å². The van der Waals surface area contributed by atoms with Gasteiger partial charge in [-0.1, -0.05) is 29.8 Å². The van der Waals surface area contributed by atoms with E-state index in [1.54, 1.807) is 40.2 Å². The molecule has 3 heterocycles. The van der Waals surface area contributed by atoms with Gasteiger partial charge in [-0.05, 0) is 35.4 Å². The molecule has 1 aliphatic rings. The van der Waals surface area contributed by atoms with Crippen LogP contribution in [-0.4, -0.2) is 30.6 Å². The van der Waals surface area contributed by atoms with E-state index in [1.165, 1.54) is 6.07 Å². The molecule has 0 saturated carbocycles. The minimum Gasteiger partial charge on any atom is -0.330 e. The van der Waals surface area contributed by atoms with Crippen molar-refractivity contribution in [1.29, 1.82) is 0 Å². The van der Waals surface area contributed by atoms with Gasteiger partial charge in [0.2, 0.25) is 5.95 Å². The maximum Gasteiger partial charge on any atom is 0.254 e. The summed E-state index contributed by atoms with van der Waals surface area (Å²) in [7, 11) is 1.82. The summed E-state index contributed by atoms with van der Waals surface area (Å²) in [5.41, 5.74) is 3.87. The molecule has 1 amide bonds. The molecule has 0 spiro atoms. The highest BCUT2D eigenvalue weighted by molar-refractivity contribution is 6.30. The molecule has 0 radical (unpaired) electrons. The van der Waals surface area contributed by atoms with Crippen molar-refractivity contribution in [2.24, 2.45) is 7.05 Å². The van der Waals surface area contributed by atoms with Crippen molar-refractivity contribution in [3.8, 4) is 11.3 Å². The zero-order chi connectivity index (χ0) is 22.2. The van der Waals surface area contributed by atoms with Crippen molar-refractivity contribution in [3.05, 3.63) is 88.5 Å². The van der Waals surface area contributed by atoms with Gasteiger partial charge in [-0.3, -0.25) is 9.48 Å². The predicted molar refractivity (Wildman–Crippen MR) is 119 cm³/mol. The van der Waals surface area contributed by atoms with Gasteiger partial charge in [-0.25, -0.2) is 14.4 Å². The molecular formula is C23H18ClFN6O. The van der Waals surface area contributed by atoms with Crippen LogP contribution in [0.4, 0.5) is 16.2 Å². The van der Waals surface area contributed by atoms with Crippen LogP contribution in [0.15, 0.2) is 60.9 Å². The fourth-order valence-corrected chi connectivity index (χ4v) is 3.90. The summed E-state index contributed by atoms with van der Waals surface area (Å²) in [6, 6.07) is 13.9. The number of fused-ring (bicyclic) bond motifs is 1. The lowest BCUT2D eigenvalue weighted by molar-refractivity contribution is 0.0766. The molecule has 160 valence electrons. The van der Waals surface area contributed by atoms with Crippen LogP contribution >= 0.6 is 11.6 Å². The highest BCUT2D eigenvalue weighted by Crippen LogP contribution is 2.30. The molecule has 4 aromatic rings. The van der Waals surface area contributed by atoms with E-state index >= 15 is 0 Å². The summed E-state index contributed by atoms with van der Waals surface area (Å²) in [4.78, 5) is 23.6. The summed E-state index contributed by atoms with van der Waals surface area (Å²) in [5, 5.41) is 7.30. The monoisotopic (exact) mass is 448 g/mol. The number of aromatic nitrogens is 4. The molecule has 32 heavy (non-hydrogen) atoms. The van der Waals surface area contributed by atoms with Crippen molar-refractivity contribution in [3.63, 3.8) is 0 Å². The quantitative estimate of drug-likeness (QED) is 0.484. The number of amides is 1. The number of anilines is 2. The average molecular weight is 449 g/mol. The molecule has 0 saturated heterocycles. The van der Waals surface area contributed by atoms with E-state index < -0.39 is 5.82 Å². The Kier molecular flexibility index (Phi) is 5.07. The number of nitrogens with one attached hydrogen (secondary N) is 1. The van der Waals surface area contributed by atoms with Crippen molar-refractivity contribution in [2.75, 3.05) is 5.32 Å². The van der Waals surface area contributed by atoms with Gasteiger partial charge in [-0.2, -0.15) is 5.10 Å². The summed E-state index contributed by atoms with van der Waals surface area (Å²) in [6.45, 7) is 0.843. The normalized spacial score (nSPS) is 12.8. The molecule has 9 heteroatoms. The molecule has 1 aliphatic heterocycles. The molecule has 1 N–H and O–H groups in total. The van der Waals surface area contributed by atoms with Crippen molar-refractivity contribution >= 4 is 29.3 Å². The molecule has 5 rings (SSSR count). The number of halogens is 2. The van der Waals surface area contributed by atoms with E-state index in [1.807, 2.05) is 31.3 Å². The SMILES string of the molecule is Cn1nccc1Nc1nccc(-c2ccc3c(c2)C(=O)N(Cc2ccc(F)c(Cl)c2)C3)n1. The van der Waals surface area contributed by atoms with E-state index in [-0.39, 0.29) is 10.9 Å². The minimum absolute atomic E-state index is 0.0493. The van der Waals surface area contributed by atoms with E-state index in [2.05, 4.69) is 20.4 Å². The van der Waals surface area contributed by atoms with Crippen molar-refractivity contribution < 1.29 is 9.18 Å². The van der Waals surface area contributed by atoms with Gasteiger partial charge in [0.15, 0.2) is 0 Å². The number of carbonyl (C=O) groups is 1. The molecule has 0 aliphatic carbocycles. The van der Waals surface area contributed by atoms with Gasteiger partial charge in [0, 0.05) is 43.5 Å². The van der Waals surface area contributed by atoms with Gasteiger partial charge in [0.1, 0.15) is 11.6 Å².